The molecule has 1 heterocycles. The summed E-state index contributed by atoms with van der Waals surface area (Å²) in [6.07, 6.45) is 1.62. The summed E-state index contributed by atoms with van der Waals surface area (Å²) in [6, 6.07) is 6.80. The molecule has 2 rings (SSSR count). The number of nitrogens with zero attached hydrogens (tertiary/aromatic N) is 1. The van der Waals surface area contributed by atoms with E-state index in [0.717, 1.165) is 11.3 Å². The molecular weight excluding hydrogens is 276 g/mol. The maximum Gasteiger partial charge on any atom is 0.256 e. The lowest BCUT2D eigenvalue weighted by molar-refractivity contribution is 0.102. The number of halogens is 1. The van der Waals surface area contributed by atoms with E-state index in [1.165, 1.54) is 0 Å². The lowest BCUT2D eigenvalue weighted by Gasteiger charge is -2.10. The number of anilines is 1. The summed E-state index contributed by atoms with van der Waals surface area (Å²) in [5.74, 6) is 0.384. The van der Waals surface area contributed by atoms with Gasteiger partial charge in [-0.25, -0.2) is 0 Å². The van der Waals surface area contributed by atoms with Crippen LogP contribution in [0.25, 0.3) is 0 Å². The van der Waals surface area contributed by atoms with Gasteiger partial charge >= 0.3 is 0 Å². The Labute approximate surface area is 122 Å². The molecule has 0 atom stereocenters. The van der Waals surface area contributed by atoms with Gasteiger partial charge in [-0.15, -0.1) is 0 Å². The molecule has 0 aliphatic rings. The van der Waals surface area contributed by atoms with Crippen molar-refractivity contribution in [2.45, 2.75) is 13.8 Å². The Balaban J connectivity index is 2.24. The summed E-state index contributed by atoms with van der Waals surface area (Å²) in [5, 5.41) is 3.26. The van der Waals surface area contributed by atoms with E-state index in [4.69, 9.17) is 16.3 Å². The summed E-state index contributed by atoms with van der Waals surface area (Å²) < 4.78 is 5.07. The highest BCUT2D eigenvalue weighted by molar-refractivity contribution is 6.32. The van der Waals surface area contributed by atoms with Crippen molar-refractivity contribution >= 4 is 23.2 Å². The standard InChI is InChI=1S/C15H15ClN2O2/c1-9-10(2)17-7-6-12(9)15(19)18-11-4-5-14(20-3)13(16)8-11/h4-8H,1-3H3,(H,18,19). The van der Waals surface area contributed by atoms with Gasteiger partial charge in [0, 0.05) is 23.1 Å². The maximum absolute atomic E-state index is 12.2. The number of benzene rings is 1. The molecule has 0 spiro atoms. The molecule has 1 aromatic carbocycles. The molecule has 1 aromatic heterocycles. The van der Waals surface area contributed by atoms with Gasteiger partial charge in [-0.3, -0.25) is 9.78 Å². The lowest BCUT2D eigenvalue weighted by atomic mass is 10.1. The van der Waals surface area contributed by atoms with Gasteiger partial charge in [-0.2, -0.15) is 0 Å². The first-order chi connectivity index (χ1) is 9.52. The predicted molar refractivity (Wildman–Crippen MR) is 79.7 cm³/mol. The third-order valence-corrected chi connectivity index (χ3v) is 3.41. The van der Waals surface area contributed by atoms with Crippen LogP contribution in [0.3, 0.4) is 0 Å². The first-order valence-corrected chi connectivity index (χ1v) is 6.48. The second kappa shape index (κ2) is 5.92. The minimum atomic E-state index is -0.186. The number of ether oxygens (including phenoxy) is 1. The van der Waals surface area contributed by atoms with E-state index >= 15 is 0 Å². The van der Waals surface area contributed by atoms with Crippen LogP contribution in [0.1, 0.15) is 21.6 Å². The van der Waals surface area contributed by atoms with Crippen molar-refractivity contribution in [3.05, 3.63) is 52.3 Å². The van der Waals surface area contributed by atoms with E-state index in [0.29, 0.717) is 22.0 Å². The van der Waals surface area contributed by atoms with Crippen LogP contribution in [-0.2, 0) is 0 Å². The normalized spacial score (nSPS) is 10.2. The van der Waals surface area contributed by atoms with Crippen LogP contribution in [0.15, 0.2) is 30.5 Å². The Morgan fingerprint density at radius 3 is 2.70 bits per heavy atom. The van der Waals surface area contributed by atoms with Gasteiger partial charge < -0.3 is 10.1 Å². The zero-order valence-corrected chi connectivity index (χ0v) is 12.3. The van der Waals surface area contributed by atoms with Gasteiger partial charge in [0.25, 0.3) is 5.91 Å². The highest BCUT2D eigenvalue weighted by atomic mass is 35.5. The molecule has 1 amide bonds. The van der Waals surface area contributed by atoms with Gasteiger partial charge in [0.1, 0.15) is 5.75 Å². The molecule has 0 radical (unpaired) electrons. The molecule has 4 nitrogen and oxygen atoms in total. The van der Waals surface area contributed by atoms with E-state index in [1.54, 1.807) is 37.6 Å². The number of hydrogen-bond acceptors (Lipinski definition) is 3. The van der Waals surface area contributed by atoms with E-state index in [2.05, 4.69) is 10.3 Å². The van der Waals surface area contributed by atoms with Gasteiger partial charge in [-0.1, -0.05) is 11.6 Å². The molecule has 0 aliphatic heterocycles. The van der Waals surface area contributed by atoms with Crippen LogP contribution >= 0.6 is 11.6 Å². The highest BCUT2D eigenvalue weighted by Crippen LogP contribution is 2.27. The zero-order chi connectivity index (χ0) is 14.7. The van der Waals surface area contributed by atoms with E-state index < -0.39 is 0 Å². The molecule has 0 saturated heterocycles. The smallest absolute Gasteiger partial charge is 0.256 e. The molecule has 104 valence electrons. The van der Waals surface area contributed by atoms with Crippen molar-refractivity contribution in [1.29, 1.82) is 0 Å². The molecule has 0 unspecified atom stereocenters. The predicted octanol–water partition coefficient (Wildman–Crippen LogP) is 3.61. The molecule has 0 saturated carbocycles. The quantitative estimate of drug-likeness (QED) is 0.939. The number of aryl methyl sites for hydroxylation is 1. The van der Waals surface area contributed by atoms with Crippen LogP contribution in [0.5, 0.6) is 5.75 Å². The number of nitrogens with one attached hydrogen (secondary N) is 1. The topological polar surface area (TPSA) is 51.2 Å². The molecule has 0 bridgehead atoms. The van der Waals surface area contributed by atoms with Crippen molar-refractivity contribution in [2.24, 2.45) is 0 Å². The van der Waals surface area contributed by atoms with Gasteiger partial charge in [0.2, 0.25) is 0 Å². The molecule has 0 fully saturated rings. The Bertz CT molecular complexity index is 656. The van der Waals surface area contributed by atoms with Crippen LogP contribution < -0.4 is 10.1 Å². The fraction of sp³-hybridized carbons (Fsp3) is 0.200. The fourth-order valence-electron chi connectivity index (χ4n) is 1.83. The Morgan fingerprint density at radius 2 is 2.05 bits per heavy atom. The number of hydrogen-bond donors (Lipinski definition) is 1. The molecule has 20 heavy (non-hydrogen) atoms. The van der Waals surface area contributed by atoms with Gasteiger partial charge in [0.05, 0.1) is 12.1 Å². The second-order valence-electron chi connectivity index (χ2n) is 4.37. The van der Waals surface area contributed by atoms with Crippen molar-refractivity contribution in [2.75, 3.05) is 12.4 Å². The number of pyridine rings is 1. The first kappa shape index (κ1) is 14.3. The van der Waals surface area contributed by atoms with Crippen LogP contribution in [-0.4, -0.2) is 18.0 Å². The monoisotopic (exact) mass is 290 g/mol. The Morgan fingerprint density at radius 1 is 1.30 bits per heavy atom. The summed E-state index contributed by atoms with van der Waals surface area (Å²) in [4.78, 5) is 16.4. The zero-order valence-electron chi connectivity index (χ0n) is 11.5. The average molecular weight is 291 g/mol. The SMILES string of the molecule is COc1ccc(NC(=O)c2ccnc(C)c2C)cc1Cl. The number of methoxy groups -OCH3 is 1. The van der Waals surface area contributed by atoms with E-state index in [9.17, 15) is 4.79 Å². The second-order valence-corrected chi connectivity index (χ2v) is 4.78. The largest absolute Gasteiger partial charge is 0.495 e. The number of carbonyl (C=O) groups is 1. The van der Waals surface area contributed by atoms with Crippen molar-refractivity contribution < 1.29 is 9.53 Å². The molecule has 2 aromatic rings. The van der Waals surface area contributed by atoms with Crippen LogP contribution in [0.2, 0.25) is 5.02 Å². The number of amides is 1. The van der Waals surface area contributed by atoms with Gasteiger partial charge in [-0.05, 0) is 43.7 Å². The Hall–Kier alpha value is -2.07. The third-order valence-electron chi connectivity index (χ3n) is 3.11. The molecular formula is C15H15ClN2O2. The van der Waals surface area contributed by atoms with E-state index in [1.807, 2.05) is 13.8 Å². The highest BCUT2D eigenvalue weighted by Gasteiger charge is 2.12. The average Bonchev–Trinajstić information content (AvgIpc) is 2.42. The summed E-state index contributed by atoms with van der Waals surface area (Å²) in [5.41, 5.74) is 2.93. The van der Waals surface area contributed by atoms with Crippen LogP contribution in [0.4, 0.5) is 5.69 Å². The van der Waals surface area contributed by atoms with Crippen molar-refractivity contribution in [3.63, 3.8) is 0 Å². The molecule has 5 heteroatoms. The molecule has 0 aliphatic carbocycles. The summed E-state index contributed by atoms with van der Waals surface area (Å²) in [7, 11) is 1.54. The minimum absolute atomic E-state index is 0.186. The summed E-state index contributed by atoms with van der Waals surface area (Å²) >= 11 is 6.03. The first-order valence-electron chi connectivity index (χ1n) is 6.10. The fourth-order valence-corrected chi connectivity index (χ4v) is 2.09. The van der Waals surface area contributed by atoms with Crippen molar-refractivity contribution in [3.8, 4) is 5.75 Å². The minimum Gasteiger partial charge on any atom is -0.495 e. The van der Waals surface area contributed by atoms with Crippen LogP contribution in [0, 0.1) is 13.8 Å². The number of carbonyl (C=O) groups excluding carboxylic acids is 1. The molecule has 1 N–H and O–H groups in total. The number of aromatic nitrogens is 1. The maximum atomic E-state index is 12.2. The van der Waals surface area contributed by atoms with E-state index in [-0.39, 0.29) is 5.91 Å². The Kier molecular flexibility index (Phi) is 4.25. The summed E-state index contributed by atoms with van der Waals surface area (Å²) in [6.45, 7) is 3.74. The third kappa shape index (κ3) is 2.91. The van der Waals surface area contributed by atoms with Gasteiger partial charge in [0.15, 0.2) is 0 Å². The van der Waals surface area contributed by atoms with Crippen molar-refractivity contribution in [1.82, 2.24) is 4.98 Å². The lowest BCUT2D eigenvalue weighted by Crippen LogP contribution is -2.14. The number of rotatable bonds is 3.